The second kappa shape index (κ2) is 7.18. The normalized spacial score (nSPS) is 14.6. The summed E-state index contributed by atoms with van der Waals surface area (Å²) in [5.74, 6) is -0.301. The van der Waals surface area contributed by atoms with Crippen molar-refractivity contribution in [2.75, 3.05) is 0 Å². The van der Waals surface area contributed by atoms with E-state index >= 15 is 0 Å². The molecule has 2 aromatic carbocycles. The van der Waals surface area contributed by atoms with Crippen molar-refractivity contribution < 1.29 is 12.8 Å². The number of rotatable bonds is 6. The highest BCUT2D eigenvalue weighted by molar-refractivity contribution is 7.89. The van der Waals surface area contributed by atoms with Crippen molar-refractivity contribution in [1.82, 2.24) is 4.31 Å². The van der Waals surface area contributed by atoms with Gasteiger partial charge in [-0.1, -0.05) is 38.1 Å². The van der Waals surface area contributed by atoms with Crippen LogP contribution in [0.5, 0.6) is 0 Å². The Hall–Kier alpha value is -2.23. The Morgan fingerprint density at radius 3 is 2.38 bits per heavy atom. The van der Waals surface area contributed by atoms with Crippen LogP contribution < -0.4 is 0 Å². The van der Waals surface area contributed by atoms with Crippen molar-refractivity contribution >= 4 is 10.0 Å². The van der Waals surface area contributed by atoms with Gasteiger partial charge >= 0.3 is 0 Å². The van der Waals surface area contributed by atoms with Crippen LogP contribution in [0.25, 0.3) is 0 Å². The maximum Gasteiger partial charge on any atom is 0.243 e. The van der Waals surface area contributed by atoms with Gasteiger partial charge in [0.15, 0.2) is 0 Å². The van der Waals surface area contributed by atoms with Gasteiger partial charge in [-0.15, -0.1) is 0 Å². The minimum Gasteiger partial charge on any atom is -0.207 e. The lowest BCUT2D eigenvalue weighted by atomic mass is 10.0. The van der Waals surface area contributed by atoms with Crippen molar-refractivity contribution in [3.63, 3.8) is 0 Å². The van der Waals surface area contributed by atoms with Crippen LogP contribution >= 0.6 is 0 Å². The Morgan fingerprint density at radius 2 is 1.85 bits per heavy atom. The fourth-order valence-electron chi connectivity index (χ4n) is 2.85. The predicted octanol–water partition coefficient (Wildman–Crippen LogP) is 4.17. The van der Waals surface area contributed by atoms with Crippen LogP contribution in [0.4, 0.5) is 4.39 Å². The van der Waals surface area contributed by atoms with Gasteiger partial charge in [-0.25, -0.2) is 12.8 Å². The van der Waals surface area contributed by atoms with E-state index in [-0.39, 0.29) is 23.0 Å². The lowest BCUT2D eigenvalue weighted by Crippen LogP contribution is -2.32. The molecule has 1 saturated carbocycles. The van der Waals surface area contributed by atoms with E-state index in [2.05, 4.69) is 13.8 Å². The Labute approximate surface area is 153 Å². The summed E-state index contributed by atoms with van der Waals surface area (Å²) in [6.07, 6.45) is 1.63. The fourth-order valence-corrected chi connectivity index (χ4v) is 4.55. The Balaban J connectivity index is 1.91. The van der Waals surface area contributed by atoms with Crippen molar-refractivity contribution in [1.29, 1.82) is 5.26 Å². The lowest BCUT2D eigenvalue weighted by molar-refractivity contribution is 0.398. The third kappa shape index (κ3) is 3.79. The van der Waals surface area contributed by atoms with Gasteiger partial charge in [0.1, 0.15) is 11.9 Å². The van der Waals surface area contributed by atoms with Crippen molar-refractivity contribution in [2.24, 2.45) is 0 Å². The largest absolute Gasteiger partial charge is 0.243 e. The maximum atomic E-state index is 13.5. The molecule has 3 rings (SSSR count). The molecule has 0 bridgehead atoms. The molecule has 0 saturated heterocycles. The molecule has 4 nitrogen and oxygen atoms in total. The molecule has 136 valence electrons. The molecule has 0 spiro atoms. The highest BCUT2D eigenvalue weighted by Crippen LogP contribution is 2.34. The standard InChI is InChI=1S/C20H21FN2O2S/c1-14(2)16-5-3-15(4-6-16)13-23(18-7-8-18)26(24,25)19-9-10-20(21)17(11-19)12-22/h3-6,9-11,14,18H,7-8,13H2,1-2H3. The van der Waals surface area contributed by atoms with Gasteiger partial charge < -0.3 is 0 Å². The number of benzene rings is 2. The second-order valence-electron chi connectivity index (χ2n) is 6.93. The zero-order chi connectivity index (χ0) is 18.9. The van der Waals surface area contributed by atoms with Gasteiger partial charge in [-0.3, -0.25) is 0 Å². The van der Waals surface area contributed by atoms with E-state index < -0.39 is 15.8 Å². The quantitative estimate of drug-likeness (QED) is 0.764. The van der Waals surface area contributed by atoms with E-state index in [0.29, 0.717) is 5.92 Å². The molecule has 1 aliphatic rings. The van der Waals surface area contributed by atoms with Gasteiger partial charge in [-0.05, 0) is 48.1 Å². The molecular formula is C20H21FN2O2S. The topological polar surface area (TPSA) is 61.2 Å². The van der Waals surface area contributed by atoms with Crippen molar-refractivity contribution in [3.8, 4) is 6.07 Å². The first-order valence-electron chi connectivity index (χ1n) is 8.63. The van der Waals surface area contributed by atoms with Crippen LogP contribution in [0.1, 0.15) is 49.3 Å². The van der Waals surface area contributed by atoms with E-state index in [1.807, 2.05) is 24.3 Å². The van der Waals surface area contributed by atoms with E-state index in [9.17, 15) is 12.8 Å². The number of halogens is 1. The van der Waals surface area contributed by atoms with Gasteiger partial charge in [0.05, 0.1) is 10.5 Å². The minimum absolute atomic E-state index is 0.0406. The van der Waals surface area contributed by atoms with E-state index in [1.165, 1.54) is 15.9 Å². The average molecular weight is 372 g/mol. The van der Waals surface area contributed by atoms with Crippen LogP contribution in [-0.2, 0) is 16.6 Å². The molecule has 1 aliphatic carbocycles. The first-order valence-corrected chi connectivity index (χ1v) is 10.1. The Kier molecular flexibility index (Phi) is 5.12. The molecule has 0 aromatic heterocycles. The van der Waals surface area contributed by atoms with Crippen LogP contribution in [0, 0.1) is 17.1 Å². The molecule has 0 radical (unpaired) electrons. The first-order chi connectivity index (χ1) is 12.3. The summed E-state index contributed by atoms with van der Waals surface area (Å²) in [4.78, 5) is -0.0406. The molecule has 0 amide bonds. The highest BCUT2D eigenvalue weighted by atomic mass is 32.2. The van der Waals surface area contributed by atoms with Gasteiger partial charge in [0, 0.05) is 12.6 Å². The molecule has 0 unspecified atom stereocenters. The molecule has 0 atom stereocenters. The molecule has 0 N–H and O–H groups in total. The zero-order valence-electron chi connectivity index (χ0n) is 14.8. The van der Waals surface area contributed by atoms with Gasteiger partial charge in [0.2, 0.25) is 10.0 Å². The van der Waals surface area contributed by atoms with Crippen LogP contribution in [0.15, 0.2) is 47.4 Å². The smallest absolute Gasteiger partial charge is 0.207 e. The lowest BCUT2D eigenvalue weighted by Gasteiger charge is -2.22. The summed E-state index contributed by atoms with van der Waals surface area (Å²) in [6, 6.07) is 13.0. The summed E-state index contributed by atoms with van der Waals surface area (Å²) in [6.45, 7) is 4.49. The molecule has 1 fully saturated rings. The fraction of sp³-hybridized carbons (Fsp3) is 0.350. The van der Waals surface area contributed by atoms with Gasteiger partial charge in [0.25, 0.3) is 0 Å². The van der Waals surface area contributed by atoms with E-state index in [4.69, 9.17) is 5.26 Å². The SMILES string of the molecule is CC(C)c1ccc(CN(C2CC2)S(=O)(=O)c2ccc(F)c(C#N)c2)cc1. The molecule has 6 heteroatoms. The molecule has 2 aromatic rings. The van der Waals surface area contributed by atoms with Crippen molar-refractivity contribution in [3.05, 3.63) is 65.0 Å². The number of nitrogens with zero attached hydrogens (tertiary/aromatic N) is 2. The highest BCUT2D eigenvalue weighted by Gasteiger charge is 2.38. The van der Waals surface area contributed by atoms with E-state index in [1.54, 1.807) is 6.07 Å². The number of hydrogen-bond donors (Lipinski definition) is 0. The number of nitriles is 1. The van der Waals surface area contributed by atoms with E-state index in [0.717, 1.165) is 30.5 Å². The maximum absolute atomic E-state index is 13.5. The van der Waals surface area contributed by atoms with Gasteiger partial charge in [-0.2, -0.15) is 9.57 Å². The van der Waals surface area contributed by atoms with Crippen LogP contribution in [0.2, 0.25) is 0 Å². The molecule has 0 heterocycles. The van der Waals surface area contributed by atoms with Crippen molar-refractivity contribution in [2.45, 2.75) is 50.1 Å². The molecule has 0 aliphatic heterocycles. The molecular weight excluding hydrogens is 351 g/mol. The first kappa shape index (κ1) is 18.6. The average Bonchev–Trinajstić information content (AvgIpc) is 3.45. The molecule has 26 heavy (non-hydrogen) atoms. The van der Waals surface area contributed by atoms with Crippen LogP contribution in [0.3, 0.4) is 0 Å². The summed E-state index contributed by atoms with van der Waals surface area (Å²) in [5.41, 5.74) is 1.85. The summed E-state index contributed by atoms with van der Waals surface area (Å²) in [7, 11) is -3.80. The summed E-state index contributed by atoms with van der Waals surface area (Å²) in [5, 5.41) is 8.98. The monoisotopic (exact) mass is 372 g/mol. The number of sulfonamides is 1. The summed E-state index contributed by atoms with van der Waals surface area (Å²) >= 11 is 0. The Bertz CT molecular complexity index is 943. The third-order valence-electron chi connectivity index (χ3n) is 4.60. The summed E-state index contributed by atoms with van der Waals surface area (Å²) < 4.78 is 41.1. The van der Waals surface area contributed by atoms with Crippen LogP contribution in [-0.4, -0.2) is 18.8 Å². The second-order valence-corrected chi connectivity index (χ2v) is 8.82. The Morgan fingerprint density at radius 1 is 1.19 bits per heavy atom. The third-order valence-corrected chi connectivity index (χ3v) is 6.50. The predicted molar refractivity (Wildman–Crippen MR) is 97.4 cm³/mol. The minimum atomic E-state index is -3.80. The zero-order valence-corrected chi connectivity index (χ0v) is 15.6. The number of hydrogen-bond acceptors (Lipinski definition) is 3.